The molecule has 1 saturated heterocycles. The molecule has 1 heterocycles. The molecular formula is C11H15NO4. The van der Waals surface area contributed by atoms with Gasteiger partial charge in [0.2, 0.25) is 5.91 Å². The minimum Gasteiger partial charge on any atom is -0.378 e. The molecule has 1 amide bonds. The molecule has 2 fully saturated rings. The van der Waals surface area contributed by atoms with Gasteiger partial charge in [0.1, 0.15) is 11.6 Å². The number of carbonyl (C=O) groups is 3. The van der Waals surface area contributed by atoms with Gasteiger partial charge < -0.3 is 9.64 Å². The summed E-state index contributed by atoms with van der Waals surface area (Å²) in [4.78, 5) is 36.2. The van der Waals surface area contributed by atoms with Gasteiger partial charge in [0.25, 0.3) is 0 Å². The Bertz CT molecular complexity index is 304. The fraction of sp³-hybridized carbons (Fsp3) is 0.727. The zero-order chi connectivity index (χ0) is 11.5. The third-order valence-electron chi connectivity index (χ3n) is 3.01. The van der Waals surface area contributed by atoms with Crippen LogP contribution in [0.15, 0.2) is 0 Å². The molecule has 0 spiro atoms. The van der Waals surface area contributed by atoms with Crippen molar-refractivity contribution in [3.63, 3.8) is 0 Å². The Morgan fingerprint density at radius 3 is 2.25 bits per heavy atom. The number of hydrogen-bond donors (Lipinski definition) is 0. The molecule has 1 aliphatic carbocycles. The Morgan fingerprint density at radius 2 is 1.69 bits per heavy atom. The number of ether oxygens (including phenoxy) is 1. The maximum Gasteiger partial charge on any atom is 0.226 e. The zero-order valence-corrected chi connectivity index (χ0v) is 9.11. The molecule has 2 rings (SSSR count). The number of ketones is 2. The van der Waals surface area contributed by atoms with Gasteiger partial charge in [-0.2, -0.15) is 0 Å². The van der Waals surface area contributed by atoms with E-state index >= 15 is 0 Å². The monoisotopic (exact) mass is 225 g/mol. The standard InChI is InChI=1S/C11H15NO4/c13-9-5-8(6-10(14)7-9)11(15)12-1-3-16-4-2-12/h8H,1-7H2. The first kappa shape index (κ1) is 11.3. The summed E-state index contributed by atoms with van der Waals surface area (Å²) in [5.41, 5.74) is 0. The van der Waals surface area contributed by atoms with Gasteiger partial charge in [-0.15, -0.1) is 0 Å². The van der Waals surface area contributed by atoms with Crippen LogP contribution in [-0.4, -0.2) is 48.7 Å². The minimum atomic E-state index is -0.424. The van der Waals surface area contributed by atoms with Crippen LogP contribution in [0.5, 0.6) is 0 Å². The second-order valence-electron chi connectivity index (χ2n) is 4.30. The molecule has 0 unspecified atom stereocenters. The molecule has 0 atom stereocenters. The van der Waals surface area contributed by atoms with E-state index in [0.29, 0.717) is 26.3 Å². The van der Waals surface area contributed by atoms with E-state index in [4.69, 9.17) is 4.74 Å². The maximum absolute atomic E-state index is 12.0. The van der Waals surface area contributed by atoms with Crippen molar-refractivity contribution in [2.45, 2.75) is 19.3 Å². The molecule has 1 saturated carbocycles. The van der Waals surface area contributed by atoms with Crippen molar-refractivity contribution in [3.05, 3.63) is 0 Å². The number of hydrogen-bond acceptors (Lipinski definition) is 4. The lowest BCUT2D eigenvalue weighted by Gasteiger charge is -2.31. The average Bonchev–Trinajstić information content (AvgIpc) is 2.28. The van der Waals surface area contributed by atoms with Crippen molar-refractivity contribution in [1.82, 2.24) is 4.90 Å². The Balaban J connectivity index is 1.97. The Kier molecular flexibility index (Phi) is 3.33. The largest absolute Gasteiger partial charge is 0.378 e. The van der Waals surface area contributed by atoms with Gasteiger partial charge in [-0.3, -0.25) is 14.4 Å². The van der Waals surface area contributed by atoms with Crippen LogP contribution in [0.25, 0.3) is 0 Å². The van der Waals surface area contributed by atoms with Crippen molar-refractivity contribution < 1.29 is 19.1 Å². The fourth-order valence-corrected chi connectivity index (χ4v) is 2.20. The summed E-state index contributed by atoms with van der Waals surface area (Å²) < 4.78 is 5.15. The van der Waals surface area contributed by atoms with E-state index in [1.165, 1.54) is 0 Å². The van der Waals surface area contributed by atoms with Crippen LogP contribution in [0.3, 0.4) is 0 Å². The van der Waals surface area contributed by atoms with Gasteiger partial charge >= 0.3 is 0 Å². The highest BCUT2D eigenvalue weighted by Crippen LogP contribution is 2.21. The molecule has 0 N–H and O–H groups in total. The van der Waals surface area contributed by atoms with Crippen molar-refractivity contribution in [2.24, 2.45) is 5.92 Å². The SMILES string of the molecule is O=C1CC(=O)CC(C(=O)N2CCOCC2)C1. The molecule has 0 aromatic carbocycles. The molecule has 0 aromatic rings. The summed E-state index contributed by atoms with van der Waals surface area (Å²) in [6.07, 6.45) is 0.455. The maximum atomic E-state index is 12.0. The number of carbonyl (C=O) groups excluding carboxylic acids is 3. The first-order valence-corrected chi connectivity index (χ1v) is 5.57. The summed E-state index contributed by atoms with van der Waals surface area (Å²) in [7, 11) is 0. The molecule has 0 radical (unpaired) electrons. The second-order valence-corrected chi connectivity index (χ2v) is 4.30. The molecule has 0 bridgehead atoms. The Morgan fingerprint density at radius 1 is 1.12 bits per heavy atom. The third-order valence-corrected chi connectivity index (χ3v) is 3.01. The Labute approximate surface area is 93.7 Å². The molecule has 1 aliphatic heterocycles. The quantitative estimate of drug-likeness (QED) is 0.579. The Hall–Kier alpha value is -1.23. The van der Waals surface area contributed by atoms with Crippen molar-refractivity contribution in [1.29, 1.82) is 0 Å². The normalized spacial score (nSPS) is 23.6. The summed E-state index contributed by atoms with van der Waals surface area (Å²) in [6, 6.07) is 0. The molecule has 5 nitrogen and oxygen atoms in total. The average molecular weight is 225 g/mol. The zero-order valence-electron chi connectivity index (χ0n) is 9.11. The van der Waals surface area contributed by atoms with E-state index in [-0.39, 0.29) is 36.7 Å². The van der Waals surface area contributed by atoms with Crippen LogP contribution in [0.4, 0.5) is 0 Å². The highest BCUT2D eigenvalue weighted by Gasteiger charge is 2.33. The van der Waals surface area contributed by atoms with Crippen LogP contribution < -0.4 is 0 Å². The first-order valence-electron chi connectivity index (χ1n) is 5.57. The van der Waals surface area contributed by atoms with Gasteiger partial charge in [-0.25, -0.2) is 0 Å². The highest BCUT2D eigenvalue weighted by atomic mass is 16.5. The lowest BCUT2D eigenvalue weighted by Crippen LogP contribution is -2.45. The van der Waals surface area contributed by atoms with Crippen LogP contribution in [-0.2, 0) is 19.1 Å². The molecule has 2 aliphatic rings. The van der Waals surface area contributed by atoms with Crippen molar-refractivity contribution >= 4 is 17.5 Å². The van der Waals surface area contributed by atoms with Crippen LogP contribution >= 0.6 is 0 Å². The van der Waals surface area contributed by atoms with Crippen LogP contribution in [0.2, 0.25) is 0 Å². The molecule has 0 aromatic heterocycles. The number of amides is 1. The number of Topliss-reactive ketones (excluding diaryl/α,β-unsaturated/α-hetero) is 2. The van der Waals surface area contributed by atoms with Gasteiger partial charge in [0, 0.05) is 25.9 Å². The summed E-state index contributed by atoms with van der Waals surface area (Å²) in [6.45, 7) is 2.22. The fourth-order valence-electron chi connectivity index (χ4n) is 2.20. The van der Waals surface area contributed by atoms with E-state index in [1.54, 1.807) is 4.90 Å². The number of morpholine rings is 1. The number of nitrogens with zero attached hydrogens (tertiary/aromatic N) is 1. The first-order chi connectivity index (χ1) is 7.66. The molecule has 88 valence electrons. The van der Waals surface area contributed by atoms with E-state index in [0.717, 1.165) is 0 Å². The van der Waals surface area contributed by atoms with E-state index < -0.39 is 5.92 Å². The smallest absolute Gasteiger partial charge is 0.226 e. The minimum absolute atomic E-state index is 0.00684. The topological polar surface area (TPSA) is 63.7 Å². The predicted molar refractivity (Wildman–Crippen MR) is 54.8 cm³/mol. The van der Waals surface area contributed by atoms with Crippen molar-refractivity contribution in [3.8, 4) is 0 Å². The van der Waals surface area contributed by atoms with Gasteiger partial charge in [-0.05, 0) is 0 Å². The van der Waals surface area contributed by atoms with Gasteiger partial charge in [0.05, 0.1) is 25.6 Å². The van der Waals surface area contributed by atoms with Crippen LogP contribution in [0.1, 0.15) is 19.3 Å². The lowest BCUT2D eigenvalue weighted by atomic mass is 9.86. The molecular weight excluding hydrogens is 210 g/mol. The summed E-state index contributed by atoms with van der Waals surface area (Å²) in [5.74, 6) is -0.706. The number of rotatable bonds is 1. The van der Waals surface area contributed by atoms with Gasteiger partial charge in [-0.1, -0.05) is 0 Å². The van der Waals surface area contributed by atoms with E-state index in [1.807, 2.05) is 0 Å². The second kappa shape index (κ2) is 4.74. The van der Waals surface area contributed by atoms with Crippen LogP contribution in [0, 0.1) is 5.92 Å². The summed E-state index contributed by atoms with van der Waals surface area (Å²) >= 11 is 0. The van der Waals surface area contributed by atoms with E-state index in [2.05, 4.69) is 0 Å². The van der Waals surface area contributed by atoms with Gasteiger partial charge in [0.15, 0.2) is 0 Å². The summed E-state index contributed by atoms with van der Waals surface area (Å²) in [5, 5.41) is 0. The third kappa shape index (κ3) is 2.47. The lowest BCUT2D eigenvalue weighted by molar-refractivity contribution is -0.146. The molecule has 16 heavy (non-hydrogen) atoms. The molecule has 5 heteroatoms. The van der Waals surface area contributed by atoms with Crippen molar-refractivity contribution in [2.75, 3.05) is 26.3 Å². The predicted octanol–water partition coefficient (Wildman–Crippen LogP) is -0.217. The van der Waals surface area contributed by atoms with E-state index in [9.17, 15) is 14.4 Å². The highest BCUT2D eigenvalue weighted by molar-refractivity contribution is 6.05.